The van der Waals surface area contributed by atoms with Gasteiger partial charge in [-0.1, -0.05) is 25.7 Å². The lowest BCUT2D eigenvalue weighted by molar-refractivity contribution is -0.0390. The van der Waals surface area contributed by atoms with Gasteiger partial charge in [-0.05, 0) is 32.1 Å². The molecule has 2 saturated carbocycles. The quantitative estimate of drug-likeness (QED) is 0.662. The van der Waals surface area contributed by atoms with Crippen molar-refractivity contribution in [2.24, 2.45) is 5.92 Å². The first-order valence-corrected chi connectivity index (χ1v) is 5.76. The van der Waals surface area contributed by atoms with E-state index in [0.717, 1.165) is 5.92 Å². The van der Waals surface area contributed by atoms with Crippen LogP contribution >= 0.6 is 0 Å². The molecule has 2 rings (SSSR count). The number of hydrogen-bond donors (Lipinski definition) is 1. The Bertz CT molecular complexity index is 150. The SMILES string of the molecule is CC(CC1CC1)NOC1CCCC1. The molecule has 13 heavy (non-hydrogen) atoms. The minimum atomic E-state index is 0.502. The van der Waals surface area contributed by atoms with Crippen LogP contribution in [0.15, 0.2) is 0 Å². The first-order chi connectivity index (χ1) is 6.34. The first kappa shape index (κ1) is 9.47. The molecular weight excluding hydrogens is 162 g/mol. The van der Waals surface area contributed by atoms with Crippen molar-refractivity contribution in [2.75, 3.05) is 0 Å². The third-order valence-corrected chi connectivity index (χ3v) is 3.12. The Hall–Kier alpha value is -0.0800. The third kappa shape index (κ3) is 3.28. The van der Waals surface area contributed by atoms with Crippen LogP contribution < -0.4 is 5.48 Å². The highest BCUT2D eigenvalue weighted by Gasteiger charge is 2.24. The van der Waals surface area contributed by atoms with Crippen LogP contribution in [0.3, 0.4) is 0 Å². The average Bonchev–Trinajstić information content (AvgIpc) is 2.78. The molecule has 0 aromatic carbocycles. The molecular formula is C11H21NO. The van der Waals surface area contributed by atoms with E-state index in [4.69, 9.17) is 4.84 Å². The standard InChI is InChI=1S/C11H21NO/c1-9(8-10-6-7-10)12-13-11-4-2-3-5-11/h9-12H,2-8H2,1H3. The number of nitrogens with one attached hydrogen (secondary N) is 1. The highest BCUT2D eigenvalue weighted by Crippen LogP contribution is 2.33. The summed E-state index contributed by atoms with van der Waals surface area (Å²) in [5.41, 5.74) is 3.20. The zero-order valence-corrected chi connectivity index (χ0v) is 8.59. The summed E-state index contributed by atoms with van der Waals surface area (Å²) in [6.45, 7) is 2.23. The molecule has 0 radical (unpaired) electrons. The zero-order valence-electron chi connectivity index (χ0n) is 8.59. The largest absolute Gasteiger partial charge is 0.298 e. The fraction of sp³-hybridized carbons (Fsp3) is 1.00. The Labute approximate surface area is 81.0 Å². The third-order valence-electron chi connectivity index (χ3n) is 3.12. The van der Waals surface area contributed by atoms with Crippen LogP contribution in [0.2, 0.25) is 0 Å². The Morgan fingerprint density at radius 3 is 2.54 bits per heavy atom. The predicted octanol–water partition coefficient (Wildman–Crippen LogP) is 2.64. The molecule has 0 amide bonds. The summed E-state index contributed by atoms with van der Waals surface area (Å²) in [5.74, 6) is 0.995. The maximum absolute atomic E-state index is 5.64. The Balaban J connectivity index is 1.54. The number of hydrogen-bond acceptors (Lipinski definition) is 2. The van der Waals surface area contributed by atoms with Crippen LogP contribution in [-0.4, -0.2) is 12.1 Å². The molecule has 0 bridgehead atoms. The summed E-state index contributed by atoms with van der Waals surface area (Å²) in [6, 6.07) is 0.549. The highest BCUT2D eigenvalue weighted by atomic mass is 16.7. The maximum Gasteiger partial charge on any atom is 0.0790 e. The lowest BCUT2D eigenvalue weighted by Crippen LogP contribution is -2.30. The van der Waals surface area contributed by atoms with Gasteiger partial charge in [-0.15, -0.1) is 0 Å². The molecule has 2 aliphatic carbocycles. The second-order valence-corrected chi connectivity index (χ2v) is 4.72. The summed E-state index contributed by atoms with van der Waals surface area (Å²) in [4.78, 5) is 5.64. The first-order valence-electron chi connectivity index (χ1n) is 5.76. The van der Waals surface area contributed by atoms with Crippen molar-refractivity contribution in [3.8, 4) is 0 Å². The van der Waals surface area contributed by atoms with Gasteiger partial charge in [-0.3, -0.25) is 4.84 Å². The van der Waals surface area contributed by atoms with Crippen molar-refractivity contribution in [1.82, 2.24) is 5.48 Å². The molecule has 0 heterocycles. The van der Waals surface area contributed by atoms with Crippen molar-refractivity contribution >= 4 is 0 Å². The van der Waals surface area contributed by atoms with Gasteiger partial charge in [-0.25, -0.2) is 0 Å². The van der Waals surface area contributed by atoms with Crippen LogP contribution in [0, 0.1) is 5.92 Å². The van der Waals surface area contributed by atoms with Gasteiger partial charge in [0.05, 0.1) is 6.10 Å². The molecule has 2 aliphatic rings. The molecule has 0 spiro atoms. The lowest BCUT2D eigenvalue weighted by atomic mass is 10.2. The van der Waals surface area contributed by atoms with Gasteiger partial charge in [0, 0.05) is 6.04 Å². The van der Waals surface area contributed by atoms with Gasteiger partial charge in [-0.2, -0.15) is 5.48 Å². The number of rotatable bonds is 5. The molecule has 0 saturated heterocycles. The van der Waals surface area contributed by atoms with E-state index in [1.165, 1.54) is 44.9 Å². The molecule has 0 aliphatic heterocycles. The summed E-state index contributed by atoms with van der Waals surface area (Å²) < 4.78 is 0. The van der Waals surface area contributed by atoms with E-state index in [9.17, 15) is 0 Å². The molecule has 2 heteroatoms. The molecule has 1 N–H and O–H groups in total. The second-order valence-electron chi connectivity index (χ2n) is 4.72. The molecule has 2 fully saturated rings. The second kappa shape index (κ2) is 4.43. The van der Waals surface area contributed by atoms with Crippen molar-refractivity contribution < 1.29 is 4.84 Å². The van der Waals surface area contributed by atoms with Gasteiger partial charge in [0.1, 0.15) is 0 Å². The molecule has 1 unspecified atom stereocenters. The lowest BCUT2D eigenvalue weighted by Gasteiger charge is -2.17. The van der Waals surface area contributed by atoms with Crippen LogP contribution in [-0.2, 0) is 4.84 Å². The van der Waals surface area contributed by atoms with E-state index in [2.05, 4.69) is 12.4 Å². The van der Waals surface area contributed by atoms with Crippen LogP contribution in [0.25, 0.3) is 0 Å². The fourth-order valence-corrected chi connectivity index (χ4v) is 2.12. The van der Waals surface area contributed by atoms with Gasteiger partial charge in [0.2, 0.25) is 0 Å². The average molecular weight is 183 g/mol. The van der Waals surface area contributed by atoms with E-state index in [-0.39, 0.29) is 0 Å². The summed E-state index contributed by atoms with van der Waals surface area (Å²) in [7, 11) is 0. The van der Waals surface area contributed by atoms with Crippen LogP contribution in [0.5, 0.6) is 0 Å². The van der Waals surface area contributed by atoms with Crippen LogP contribution in [0.1, 0.15) is 51.9 Å². The maximum atomic E-state index is 5.64. The molecule has 0 aromatic rings. The smallest absolute Gasteiger partial charge is 0.0790 e. The zero-order chi connectivity index (χ0) is 9.10. The molecule has 0 aromatic heterocycles. The molecule has 1 atom stereocenters. The molecule has 2 nitrogen and oxygen atoms in total. The normalized spacial score (nSPS) is 26.5. The number of hydroxylamine groups is 1. The minimum Gasteiger partial charge on any atom is -0.298 e. The van der Waals surface area contributed by atoms with Crippen LogP contribution in [0.4, 0.5) is 0 Å². The van der Waals surface area contributed by atoms with E-state index >= 15 is 0 Å². The van der Waals surface area contributed by atoms with Gasteiger partial charge in [0.15, 0.2) is 0 Å². The topological polar surface area (TPSA) is 21.3 Å². The summed E-state index contributed by atoms with van der Waals surface area (Å²) in [6.07, 6.45) is 9.89. The van der Waals surface area contributed by atoms with Gasteiger partial charge < -0.3 is 0 Å². The van der Waals surface area contributed by atoms with E-state index in [1.807, 2.05) is 0 Å². The molecule has 76 valence electrons. The van der Waals surface area contributed by atoms with Gasteiger partial charge in [0.25, 0.3) is 0 Å². The van der Waals surface area contributed by atoms with E-state index in [0.29, 0.717) is 12.1 Å². The summed E-state index contributed by atoms with van der Waals surface area (Å²) in [5, 5.41) is 0. The van der Waals surface area contributed by atoms with Gasteiger partial charge >= 0.3 is 0 Å². The van der Waals surface area contributed by atoms with Crippen molar-refractivity contribution in [3.63, 3.8) is 0 Å². The minimum absolute atomic E-state index is 0.502. The Morgan fingerprint density at radius 1 is 1.23 bits per heavy atom. The highest BCUT2D eigenvalue weighted by molar-refractivity contribution is 4.77. The van der Waals surface area contributed by atoms with Crippen molar-refractivity contribution in [1.29, 1.82) is 0 Å². The summed E-state index contributed by atoms with van der Waals surface area (Å²) >= 11 is 0. The fourth-order valence-electron chi connectivity index (χ4n) is 2.12. The Kier molecular flexibility index (Phi) is 3.23. The van der Waals surface area contributed by atoms with E-state index in [1.54, 1.807) is 0 Å². The Morgan fingerprint density at radius 2 is 1.92 bits per heavy atom. The van der Waals surface area contributed by atoms with E-state index < -0.39 is 0 Å². The van der Waals surface area contributed by atoms with Crippen molar-refractivity contribution in [2.45, 2.75) is 64.0 Å². The monoisotopic (exact) mass is 183 g/mol. The van der Waals surface area contributed by atoms with Crippen molar-refractivity contribution in [3.05, 3.63) is 0 Å². The predicted molar refractivity (Wildman–Crippen MR) is 53.3 cm³/mol.